The molecule has 6 atom stereocenters. The average Bonchev–Trinajstić information content (AvgIpc) is 2.66. The summed E-state index contributed by atoms with van der Waals surface area (Å²) < 4.78 is 10.7. The molecule has 5 heteroatoms. The number of carbonyl (C=O) groups excluding carboxylic acids is 2. The third-order valence-electron chi connectivity index (χ3n) is 4.41. The van der Waals surface area contributed by atoms with E-state index in [1.165, 1.54) is 6.08 Å². The summed E-state index contributed by atoms with van der Waals surface area (Å²) in [4.78, 5) is 23.7. The molecule has 0 unspecified atom stereocenters. The van der Waals surface area contributed by atoms with Gasteiger partial charge in [0.25, 0.3) is 0 Å². The van der Waals surface area contributed by atoms with Crippen LogP contribution in [0.1, 0.15) is 13.8 Å². The van der Waals surface area contributed by atoms with Crippen molar-refractivity contribution in [3.05, 3.63) is 24.3 Å². The van der Waals surface area contributed by atoms with E-state index in [4.69, 9.17) is 9.47 Å². The molecule has 0 spiro atoms. The van der Waals surface area contributed by atoms with Crippen LogP contribution in [0.3, 0.4) is 0 Å². The highest BCUT2D eigenvalue weighted by molar-refractivity contribution is 14.1. The van der Waals surface area contributed by atoms with E-state index in [0.29, 0.717) is 0 Å². The van der Waals surface area contributed by atoms with Crippen molar-refractivity contribution in [3.8, 4) is 0 Å². The van der Waals surface area contributed by atoms with Crippen LogP contribution >= 0.6 is 22.6 Å². The number of halogens is 1. The van der Waals surface area contributed by atoms with E-state index in [0.717, 1.165) is 0 Å². The van der Waals surface area contributed by atoms with E-state index in [1.807, 2.05) is 13.0 Å². The van der Waals surface area contributed by atoms with Crippen LogP contribution in [0, 0.1) is 17.8 Å². The van der Waals surface area contributed by atoms with Crippen LogP contribution in [0.4, 0.5) is 0 Å². The highest BCUT2D eigenvalue weighted by atomic mass is 127. The van der Waals surface area contributed by atoms with E-state index in [1.54, 1.807) is 13.0 Å². The Balaban J connectivity index is 1.96. The monoisotopic (exact) mass is 374 g/mol. The van der Waals surface area contributed by atoms with Gasteiger partial charge in [-0.05, 0) is 12.8 Å². The van der Waals surface area contributed by atoms with Crippen molar-refractivity contribution in [1.82, 2.24) is 0 Å². The highest BCUT2D eigenvalue weighted by Gasteiger charge is 2.66. The van der Waals surface area contributed by atoms with Gasteiger partial charge in [-0.2, -0.15) is 0 Å². The SMILES string of the molecule is C/C=C/C(=O)O[C@H]1[C@H]2OC(=O)[C@@H]3[C@H]2C=C[C@@]1(I)[C@H]3C. The standard InChI is InChI=1S/C14H15IO4/c1-3-4-9(16)18-12-11-8-5-6-14(12,15)7(2)10(8)13(17)19-11/h3-8,10-12H,1-2H3/b4-3+/t7-,8+,10-,11-,12-,14+/m0/s1. The van der Waals surface area contributed by atoms with Gasteiger partial charge in [0.15, 0.2) is 6.10 Å². The first-order chi connectivity index (χ1) is 8.99. The Morgan fingerprint density at radius 1 is 1.58 bits per heavy atom. The molecule has 3 aliphatic carbocycles. The predicted molar refractivity (Wildman–Crippen MR) is 76.6 cm³/mol. The number of hydrogen-bond acceptors (Lipinski definition) is 4. The fraction of sp³-hybridized carbons (Fsp3) is 0.571. The molecule has 1 saturated heterocycles. The van der Waals surface area contributed by atoms with Crippen LogP contribution in [-0.2, 0) is 19.1 Å². The molecule has 1 heterocycles. The molecule has 0 radical (unpaired) electrons. The minimum absolute atomic E-state index is 0.0440. The Morgan fingerprint density at radius 2 is 2.32 bits per heavy atom. The third-order valence-corrected chi connectivity index (χ3v) is 6.37. The summed E-state index contributed by atoms with van der Waals surface area (Å²) in [7, 11) is 0. The van der Waals surface area contributed by atoms with E-state index in [-0.39, 0.29) is 39.2 Å². The van der Waals surface area contributed by atoms with Crippen molar-refractivity contribution < 1.29 is 19.1 Å². The van der Waals surface area contributed by atoms with Gasteiger partial charge in [0.05, 0.1) is 9.34 Å². The highest BCUT2D eigenvalue weighted by Crippen LogP contribution is 2.57. The van der Waals surface area contributed by atoms with Crippen molar-refractivity contribution in [3.63, 3.8) is 0 Å². The van der Waals surface area contributed by atoms with Crippen LogP contribution in [0.15, 0.2) is 24.3 Å². The van der Waals surface area contributed by atoms with Crippen LogP contribution in [-0.4, -0.2) is 27.6 Å². The van der Waals surface area contributed by atoms with Crippen molar-refractivity contribution in [1.29, 1.82) is 0 Å². The summed E-state index contributed by atoms with van der Waals surface area (Å²) in [5.41, 5.74) is 0. The quantitative estimate of drug-likeness (QED) is 0.244. The molecule has 1 aliphatic heterocycles. The molecule has 0 N–H and O–H groups in total. The molecule has 0 amide bonds. The molecular formula is C14H15IO4. The van der Waals surface area contributed by atoms with Crippen molar-refractivity contribution in [2.45, 2.75) is 29.5 Å². The van der Waals surface area contributed by atoms with Crippen LogP contribution in [0.25, 0.3) is 0 Å². The van der Waals surface area contributed by atoms with Crippen LogP contribution in [0.2, 0.25) is 0 Å². The van der Waals surface area contributed by atoms with Gasteiger partial charge >= 0.3 is 11.9 Å². The molecule has 4 nitrogen and oxygen atoms in total. The molecule has 4 bridgehead atoms. The first-order valence-corrected chi connectivity index (χ1v) is 7.49. The number of esters is 2. The van der Waals surface area contributed by atoms with E-state index in [9.17, 15) is 9.59 Å². The normalized spacial score (nSPS) is 46.7. The molecule has 4 rings (SSSR count). The van der Waals surface area contributed by atoms with Gasteiger partial charge in [0.2, 0.25) is 0 Å². The van der Waals surface area contributed by atoms with Crippen LogP contribution in [0.5, 0.6) is 0 Å². The molecule has 2 fully saturated rings. The predicted octanol–water partition coefficient (Wildman–Crippen LogP) is 2.03. The van der Waals surface area contributed by atoms with E-state index < -0.39 is 6.10 Å². The van der Waals surface area contributed by atoms with Crippen molar-refractivity contribution in [2.24, 2.45) is 17.8 Å². The molecule has 0 aromatic heterocycles. The second-order valence-electron chi connectivity index (χ2n) is 5.34. The van der Waals surface area contributed by atoms with Crippen molar-refractivity contribution >= 4 is 34.5 Å². The van der Waals surface area contributed by atoms with Gasteiger partial charge in [0, 0.05) is 12.0 Å². The lowest BCUT2D eigenvalue weighted by atomic mass is 9.62. The Labute approximate surface area is 125 Å². The summed E-state index contributed by atoms with van der Waals surface area (Å²) in [6, 6.07) is 0. The molecule has 4 aliphatic rings. The summed E-state index contributed by atoms with van der Waals surface area (Å²) in [5.74, 6) is -0.475. The molecule has 1 saturated carbocycles. The lowest BCUT2D eigenvalue weighted by Gasteiger charge is -2.49. The van der Waals surface area contributed by atoms with E-state index in [2.05, 4.69) is 28.7 Å². The lowest BCUT2D eigenvalue weighted by Crippen LogP contribution is -2.60. The van der Waals surface area contributed by atoms with Crippen molar-refractivity contribution in [2.75, 3.05) is 0 Å². The molecule has 0 aromatic carbocycles. The number of allylic oxidation sites excluding steroid dienone is 1. The number of hydrogen-bond donors (Lipinski definition) is 0. The molecular weight excluding hydrogens is 359 g/mol. The first kappa shape index (κ1) is 13.1. The Morgan fingerprint density at radius 3 is 3.00 bits per heavy atom. The number of ether oxygens (including phenoxy) is 2. The maximum Gasteiger partial charge on any atom is 0.330 e. The van der Waals surface area contributed by atoms with Gasteiger partial charge in [-0.1, -0.05) is 47.7 Å². The fourth-order valence-corrected chi connectivity index (χ4v) is 4.51. The Bertz CT molecular complexity index is 498. The van der Waals surface area contributed by atoms with E-state index >= 15 is 0 Å². The molecule has 102 valence electrons. The van der Waals surface area contributed by atoms with Gasteiger partial charge in [-0.15, -0.1) is 0 Å². The summed E-state index contributed by atoms with van der Waals surface area (Å²) in [6.45, 7) is 3.80. The van der Waals surface area contributed by atoms with Crippen LogP contribution < -0.4 is 0 Å². The maximum absolute atomic E-state index is 11.9. The maximum atomic E-state index is 11.9. The minimum atomic E-state index is -0.399. The fourth-order valence-electron chi connectivity index (χ4n) is 3.43. The second-order valence-corrected chi connectivity index (χ2v) is 7.21. The van der Waals surface area contributed by atoms with Gasteiger partial charge in [-0.25, -0.2) is 4.79 Å². The summed E-state index contributed by atoms with van der Waals surface area (Å²) in [5, 5.41) is 0. The zero-order valence-electron chi connectivity index (χ0n) is 10.7. The number of carbonyl (C=O) groups is 2. The smallest absolute Gasteiger partial charge is 0.330 e. The molecule has 19 heavy (non-hydrogen) atoms. The number of alkyl halides is 1. The zero-order valence-corrected chi connectivity index (χ0v) is 12.9. The van der Waals surface area contributed by atoms with Gasteiger partial charge < -0.3 is 9.47 Å². The Kier molecular flexibility index (Phi) is 2.99. The minimum Gasteiger partial charge on any atom is -0.457 e. The average molecular weight is 374 g/mol. The molecule has 0 aromatic rings. The Hall–Kier alpha value is -0.850. The zero-order chi connectivity index (χ0) is 13.8. The second kappa shape index (κ2) is 4.33. The number of rotatable bonds is 2. The lowest BCUT2D eigenvalue weighted by molar-refractivity contribution is -0.159. The summed E-state index contributed by atoms with van der Waals surface area (Å²) in [6.07, 6.45) is 6.43. The first-order valence-electron chi connectivity index (χ1n) is 6.41. The summed E-state index contributed by atoms with van der Waals surface area (Å²) >= 11 is 2.30. The topological polar surface area (TPSA) is 52.6 Å². The van der Waals surface area contributed by atoms with Gasteiger partial charge in [-0.3, -0.25) is 4.79 Å². The largest absolute Gasteiger partial charge is 0.457 e. The van der Waals surface area contributed by atoms with Gasteiger partial charge in [0.1, 0.15) is 6.10 Å². The third kappa shape index (κ3) is 1.70.